The molecule has 2 heterocycles. The fraction of sp³-hybridized carbons (Fsp3) is 0.211. The molecule has 0 fully saturated rings. The minimum atomic E-state index is 0.0639. The monoisotopic (exact) mass is 373 g/mol. The Morgan fingerprint density at radius 1 is 1.20 bits per heavy atom. The van der Waals surface area contributed by atoms with Crippen LogP contribution in [0.2, 0.25) is 10.0 Å². The predicted octanol–water partition coefficient (Wildman–Crippen LogP) is 4.18. The highest BCUT2D eigenvalue weighted by Gasteiger charge is 2.24. The SMILES string of the molecule is Nc1ccc(CC(=O)N2CCc3c([nH]c4ccc(Cl)cc34)C2)c(Cl)c1. The number of hydrogen-bond acceptors (Lipinski definition) is 2. The first-order valence-corrected chi connectivity index (χ1v) is 8.87. The molecule has 6 heteroatoms. The van der Waals surface area contributed by atoms with Gasteiger partial charge in [-0.1, -0.05) is 29.3 Å². The maximum atomic E-state index is 12.7. The first-order chi connectivity index (χ1) is 12.0. The van der Waals surface area contributed by atoms with Crippen LogP contribution in [0.15, 0.2) is 36.4 Å². The van der Waals surface area contributed by atoms with Crippen LogP contribution in [0.25, 0.3) is 10.9 Å². The summed E-state index contributed by atoms with van der Waals surface area (Å²) in [5.74, 6) is 0.0639. The number of aromatic amines is 1. The van der Waals surface area contributed by atoms with E-state index in [1.807, 2.05) is 29.2 Å². The van der Waals surface area contributed by atoms with E-state index in [1.54, 1.807) is 12.1 Å². The molecule has 0 spiro atoms. The second-order valence-electron chi connectivity index (χ2n) is 6.36. The maximum Gasteiger partial charge on any atom is 0.227 e. The number of H-pyrrole nitrogens is 1. The molecule has 3 N–H and O–H groups in total. The van der Waals surface area contributed by atoms with Gasteiger partial charge in [-0.25, -0.2) is 0 Å². The molecule has 0 bridgehead atoms. The average Bonchev–Trinajstić information content (AvgIpc) is 2.94. The van der Waals surface area contributed by atoms with Crippen molar-refractivity contribution in [3.8, 4) is 0 Å². The Balaban J connectivity index is 1.55. The lowest BCUT2D eigenvalue weighted by atomic mass is 10.0. The second-order valence-corrected chi connectivity index (χ2v) is 7.21. The molecule has 1 aliphatic rings. The zero-order chi connectivity index (χ0) is 17.6. The minimum Gasteiger partial charge on any atom is -0.399 e. The number of carbonyl (C=O) groups is 1. The van der Waals surface area contributed by atoms with Crippen molar-refractivity contribution in [1.29, 1.82) is 0 Å². The van der Waals surface area contributed by atoms with Crippen LogP contribution >= 0.6 is 23.2 Å². The molecule has 0 saturated carbocycles. The van der Waals surface area contributed by atoms with Gasteiger partial charge >= 0.3 is 0 Å². The van der Waals surface area contributed by atoms with Crippen molar-refractivity contribution in [2.24, 2.45) is 0 Å². The number of nitrogen functional groups attached to an aromatic ring is 1. The highest BCUT2D eigenvalue weighted by molar-refractivity contribution is 6.32. The lowest BCUT2D eigenvalue weighted by Gasteiger charge is -2.27. The number of nitrogens with one attached hydrogen (secondary N) is 1. The number of halogens is 2. The molecular weight excluding hydrogens is 357 g/mol. The van der Waals surface area contributed by atoms with Crippen molar-refractivity contribution < 1.29 is 4.79 Å². The summed E-state index contributed by atoms with van der Waals surface area (Å²) in [6.07, 6.45) is 1.09. The molecule has 0 atom stereocenters. The van der Waals surface area contributed by atoms with Gasteiger partial charge in [-0.2, -0.15) is 0 Å². The van der Waals surface area contributed by atoms with Gasteiger partial charge in [0, 0.05) is 38.9 Å². The van der Waals surface area contributed by atoms with E-state index in [0.29, 0.717) is 23.8 Å². The molecule has 2 aromatic carbocycles. The van der Waals surface area contributed by atoms with E-state index in [0.717, 1.165) is 33.6 Å². The Bertz CT molecular complexity index is 980. The number of fused-ring (bicyclic) bond motifs is 3. The standard InChI is InChI=1S/C19H17Cl2N3O/c20-12-2-4-17-15(8-12)14-5-6-24(10-18(14)23-17)19(25)7-11-1-3-13(22)9-16(11)21/h1-4,8-9,23H,5-7,10,22H2. The number of carbonyl (C=O) groups excluding carboxylic acids is 1. The van der Waals surface area contributed by atoms with Gasteiger partial charge in [0.15, 0.2) is 0 Å². The minimum absolute atomic E-state index is 0.0639. The summed E-state index contributed by atoms with van der Waals surface area (Å²) < 4.78 is 0. The summed E-state index contributed by atoms with van der Waals surface area (Å²) in [5.41, 5.74) is 10.5. The number of nitrogens with zero attached hydrogens (tertiary/aromatic N) is 1. The third-order valence-corrected chi connectivity index (χ3v) is 5.30. The molecular formula is C19H17Cl2N3O. The van der Waals surface area contributed by atoms with Crippen molar-refractivity contribution in [2.45, 2.75) is 19.4 Å². The van der Waals surface area contributed by atoms with E-state index < -0.39 is 0 Å². The normalized spacial score (nSPS) is 13.9. The van der Waals surface area contributed by atoms with E-state index in [9.17, 15) is 4.79 Å². The molecule has 128 valence electrons. The smallest absolute Gasteiger partial charge is 0.227 e. The fourth-order valence-electron chi connectivity index (χ4n) is 3.41. The van der Waals surface area contributed by atoms with Crippen molar-refractivity contribution in [2.75, 3.05) is 12.3 Å². The van der Waals surface area contributed by atoms with E-state index >= 15 is 0 Å². The predicted molar refractivity (Wildman–Crippen MR) is 102 cm³/mol. The number of benzene rings is 2. The van der Waals surface area contributed by atoms with Crippen molar-refractivity contribution in [3.05, 3.63) is 63.3 Å². The van der Waals surface area contributed by atoms with Crippen LogP contribution in [0.5, 0.6) is 0 Å². The Kier molecular flexibility index (Phi) is 4.10. The van der Waals surface area contributed by atoms with Crippen LogP contribution in [-0.4, -0.2) is 22.3 Å². The third-order valence-electron chi connectivity index (χ3n) is 4.71. The molecule has 1 aliphatic heterocycles. The first-order valence-electron chi connectivity index (χ1n) is 8.12. The molecule has 1 amide bonds. The topological polar surface area (TPSA) is 62.1 Å². The number of hydrogen-bond donors (Lipinski definition) is 2. The van der Waals surface area contributed by atoms with Crippen LogP contribution in [0, 0.1) is 0 Å². The molecule has 4 rings (SSSR count). The maximum absolute atomic E-state index is 12.7. The summed E-state index contributed by atoms with van der Waals surface area (Å²) in [5, 5.41) is 2.41. The van der Waals surface area contributed by atoms with E-state index in [1.165, 1.54) is 5.56 Å². The zero-order valence-corrected chi connectivity index (χ0v) is 15.0. The number of rotatable bonds is 2. The lowest BCUT2D eigenvalue weighted by Crippen LogP contribution is -2.36. The Morgan fingerprint density at radius 2 is 2.04 bits per heavy atom. The molecule has 0 unspecified atom stereocenters. The van der Waals surface area contributed by atoms with Gasteiger partial charge in [-0.05, 0) is 47.9 Å². The highest BCUT2D eigenvalue weighted by atomic mass is 35.5. The highest BCUT2D eigenvalue weighted by Crippen LogP contribution is 2.30. The molecule has 1 aromatic heterocycles. The first kappa shape index (κ1) is 16.3. The number of aromatic nitrogens is 1. The molecule has 3 aromatic rings. The van der Waals surface area contributed by atoms with Crippen LogP contribution < -0.4 is 5.73 Å². The Labute approximate surface area is 155 Å². The van der Waals surface area contributed by atoms with E-state index in [4.69, 9.17) is 28.9 Å². The molecule has 0 radical (unpaired) electrons. The second kappa shape index (κ2) is 6.28. The van der Waals surface area contributed by atoms with E-state index in [2.05, 4.69) is 4.98 Å². The summed E-state index contributed by atoms with van der Waals surface area (Å²) >= 11 is 12.3. The lowest BCUT2D eigenvalue weighted by molar-refractivity contribution is -0.131. The van der Waals surface area contributed by atoms with Gasteiger partial charge in [0.1, 0.15) is 0 Å². The number of nitrogens with two attached hydrogens (primary N) is 1. The van der Waals surface area contributed by atoms with Crippen LogP contribution in [0.1, 0.15) is 16.8 Å². The average molecular weight is 374 g/mol. The van der Waals surface area contributed by atoms with E-state index in [-0.39, 0.29) is 12.3 Å². The zero-order valence-electron chi connectivity index (χ0n) is 13.5. The third kappa shape index (κ3) is 3.08. The quantitative estimate of drug-likeness (QED) is 0.661. The summed E-state index contributed by atoms with van der Waals surface area (Å²) in [6.45, 7) is 1.27. The Morgan fingerprint density at radius 3 is 2.84 bits per heavy atom. The molecule has 4 nitrogen and oxygen atoms in total. The van der Waals surface area contributed by atoms with Crippen LogP contribution in [-0.2, 0) is 24.2 Å². The largest absolute Gasteiger partial charge is 0.399 e. The number of amides is 1. The molecule has 25 heavy (non-hydrogen) atoms. The van der Waals surface area contributed by atoms with Gasteiger partial charge in [0.25, 0.3) is 0 Å². The molecule has 0 saturated heterocycles. The van der Waals surface area contributed by atoms with Gasteiger partial charge in [-0.15, -0.1) is 0 Å². The summed E-state index contributed by atoms with van der Waals surface area (Å²) in [6, 6.07) is 11.1. The van der Waals surface area contributed by atoms with Gasteiger partial charge < -0.3 is 15.6 Å². The summed E-state index contributed by atoms with van der Waals surface area (Å²) in [4.78, 5) is 18.0. The Hall–Kier alpha value is -2.17. The molecule has 0 aliphatic carbocycles. The van der Waals surface area contributed by atoms with Gasteiger partial charge in [0.2, 0.25) is 5.91 Å². The van der Waals surface area contributed by atoms with Crippen molar-refractivity contribution in [3.63, 3.8) is 0 Å². The number of anilines is 1. The van der Waals surface area contributed by atoms with Crippen molar-refractivity contribution >= 4 is 45.7 Å². The van der Waals surface area contributed by atoms with Gasteiger partial charge in [0.05, 0.1) is 13.0 Å². The fourth-order valence-corrected chi connectivity index (χ4v) is 3.84. The van der Waals surface area contributed by atoms with Crippen LogP contribution in [0.3, 0.4) is 0 Å². The summed E-state index contributed by atoms with van der Waals surface area (Å²) in [7, 11) is 0. The van der Waals surface area contributed by atoms with Crippen molar-refractivity contribution in [1.82, 2.24) is 9.88 Å². The van der Waals surface area contributed by atoms with Gasteiger partial charge in [-0.3, -0.25) is 4.79 Å². The van der Waals surface area contributed by atoms with Crippen LogP contribution in [0.4, 0.5) is 5.69 Å².